The summed E-state index contributed by atoms with van der Waals surface area (Å²) in [5.74, 6) is -0.766. The number of carbonyl (C=O) groups excluding carboxylic acids is 2. The highest BCUT2D eigenvalue weighted by Gasteiger charge is 2.02. The van der Waals surface area contributed by atoms with Gasteiger partial charge in [0.05, 0.1) is 10.0 Å². The van der Waals surface area contributed by atoms with Crippen molar-refractivity contribution < 1.29 is 9.59 Å². The summed E-state index contributed by atoms with van der Waals surface area (Å²) in [6.07, 6.45) is 3.04. The minimum atomic E-state index is -0.502. The first-order chi connectivity index (χ1) is 11.0. The lowest BCUT2D eigenvalue weighted by molar-refractivity contribution is -0.116. The van der Waals surface area contributed by atoms with E-state index in [4.69, 9.17) is 28.9 Å². The van der Waals surface area contributed by atoms with Crippen molar-refractivity contribution in [3.63, 3.8) is 0 Å². The van der Waals surface area contributed by atoms with Gasteiger partial charge in [0, 0.05) is 18.2 Å². The van der Waals surface area contributed by atoms with Gasteiger partial charge in [-0.25, -0.2) is 0 Å². The highest BCUT2D eigenvalue weighted by molar-refractivity contribution is 6.42. The summed E-state index contributed by atoms with van der Waals surface area (Å²) in [6.45, 7) is 0.297. The molecule has 0 saturated heterocycles. The van der Waals surface area contributed by atoms with Gasteiger partial charge in [0.1, 0.15) is 0 Å². The van der Waals surface area contributed by atoms with Crippen LogP contribution in [0, 0.1) is 0 Å². The Morgan fingerprint density at radius 1 is 1.09 bits per heavy atom. The molecule has 2 amide bonds. The van der Waals surface area contributed by atoms with Gasteiger partial charge >= 0.3 is 0 Å². The Labute approximate surface area is 143 Å². The van der Waals surface area contributed by atoms with Gasteiger partial charge in [0.15, 0.2) is 0 Å². The van der Waals surface area contributed by atoms with Gasteiger partial charge in [0.25, 0.3) is 0 Å². The lowest BCUT2D eigenvalue weighted by Crippen LogP contribution is -2.20. The quantitative estimate of drug-likeness (QED) is 0.812. The third-order valence-corrected chi connectivity index (χ3v) is 3.79. The maximum absolute atomic E-state index is 11.8. The summed E-state index contributed by atoms with van der Waals surface area (Å²) >= 11 is 11.7. The smallest absolute Gasteiger partial charge is 0.248 e. The van der Waals surface area contributed by atoms with Crippen LogP contribution in [0.4, 0.5) is 0 Å². The molecule has 2 aromatic carbocycles. The van der Waals surface area contributed by atoms with Crippen LogP contribution in [0.5, 0.6) is 0 Å². The molecule has 0 fully saturated rings. The molecule has 3 N–H and O–H groups in total. The second-order valence-corrected chi connectivity index (χ2v) is 5.60. The van der Waals surface area contributed by atoms with E-state index in [0.717, 1.165) is 11.1 Å². The first kappa shape index (κ1) is 17.1. The molecular weight excluding hydrogens is 335 g/mol. The minimum Gasteiger partial charge on any atom is -0.366 e. The molecule has 0 unspecified atom stereocenters. The normalized spacial score (nSPS) is 10.7. The molecule has 0 bridgehead atoms. The minimum absolute atomic E-state index is 0.263. The van der Waals surface area contributed by atoms with Crippen LogP contribution in [0.1, 0.15) is 21.5 Å². The van der Waals surface area contributed by atoms with Crippen molar-refractivity contribution >= 4 is 41.1 Å². The predicted octanol–water partition coefficient (Wildman–Crippen LogP) is 3.42. The molecule has 0 heterocycles. The molecule has 2 rings (SSSR count). The topological polar surface area (TPSA) is 72.2 Å². The SMILES string of the molecule is NC(=O)c1cccc(CNC(=O)/C=C/c2ccc(Cl)c(Cl)c2)c1. The summed E-state index contributed by atoms with van der Waals surface area (Å²) in [5.41, 5.74) is 7.18. The first-order valence-corrected chi connectivity index (χ1v) is 7.51. The summed E-state index contributed by atoms with van der Waals surface area (Å²) < 4.78 is 0. The van der Waals surface area contributed by atoms with E-state index in [2.05, 4.69) is 5.32 Å². The molecule has 23 heavy (non-hydrogen) atoms. The number of primary amides is 1. The van der Waals surface area contributed by atoms with E-state index < -0.39 is 5.91 Å². The van der Waals surface area contributed by atoms with Crippen molar-refractivity contribution in [1.82, 2.24) is 5.32 Å². The van der Waals surface area contributed by atoms with Crippen LogP contribution >= 0.6 is 23.2 Å². The standard InChI is InChI=1S/C17H14Cl2N2O2/c18-14-6-4-11(9-15(14)19)5-7-16(22)21-10-12-2-1-3-13(8-12)17(20)23/h1-9H,10H2,(H2,20,23)(H,21,22)/b7-5+. The molecule has 0 radical (unpaired) electrons. The van der Waals surface area contributed by atoms with Crippen LogP contribution in [-0.4, -0.2) is 11.8 Å². The fourth-order valence-electron chi connectivity index (χ4n) is 1.87. The van der Waals surface area contributed by atoms with E-state index in [1.165, 1.54) is 6.08 Å². The predicted molar refractivity (Wildman–Crippen MR) is 92.3 cm³/mol. The Morgan fingerprint density at radius 2 is 1.87 bits per heavy atom. The molecule has 0 aromatic heterocycles. The first-order valence-electron chi connectivity index (χ1n) is 6.75. The zero-order valence-electron chi connectivity index (χ0n) is 12.1. The third-order valence-electron chi connectivity index (χ3n) is 3.05. The number of nitrogens with two attached hydrogens (primary N) is 1. The second-order valence-electron chi connectivity index (χ2n) is 4.79. The van der Waals surface area contributed by atoms with E-state index in [-0.39, 0.29) is 5.91 Å². The van der Waals surface area contributed by atoms with Crippen LogP contribution in [0.3, 0.4) is 0 Å². The van der Waals surface area contributed by atoms with Crippen molar-refractivity contribution in [3.05, 3.63) is 75.3 Å². The van der Waals surface area contributed by atoms with E-state index >= 15 is 0 Å². The number of rotatable bonds is 5. The van der Waals surface area contributed by atoms with Gasteiger partial charge in [-0.2, -0.15) is 0 Å². The van der Waals surface area contributed by atoms with Gasteiger partial charge in [-0.15, -0.1) is 0 Å². The van der Waals surface area contributed by atoms with Gasteiger partial charge in [-0.05, 0) is 41.5 Å². The number of hydrogen-bond donors (Lipinski definition) is 2. The van der Waals surface area contributed by atoms with E-state index in [0.29, 0.717) is 22.2 Å². The Bertz CT molecular complexity index is 773. The Kier molecular flexibility index (Phi) is 5.79. The van der Waals surface area contributed by atoms with Gasteiger partial charge in [0.2, 0.25) is 11.8 Å². The average molecular weight is 349 g/mol. The van der Waals surface area contributed by atoms with Crippen LogP contribution in [0.25, 0.3) is 6.08 Å². The Balaban J connectivity index is 1.94. The molecule has 0 saturated carbocycles. The Morgan fingerprint density at radius 3 is 2.57 bits per heavy atom. The lowest BCUT2D eigenvalue weighted by Gasteiger charge is -2.04. The van der Waals surface area contributed by atoms with Crippen molar-refractivity contribution in [2.45, 2.75) is 6.54 Å². The number of carbonyl (C=O) groups is 2. The maximum Gasteiger partial charge on any atom is 0.248 e. The Hall–Kier alpha value is -2.30. The van der Waals surface area contributed by atoms with Gasteiger partial charge in [-0.1, -0.05) is 41.4 Å². The highest BCUT2D eigenvalue weighted by atomic mass is 35.5. The molecular formula is C17H14Cl2N2O2. The number of hydrogen-bond acceptors (Lipinski definition) is 2. The van der Waals surface area contributed by atoms with Crippen LogP contribution in [0.2, 0.25) is 10.0 Å². The zero-order valence-corrected chi connectivity index (χ0v) is 13.6. The summed E-state index contributed by atoms with van der Waals surface area (Å²) in [4.78, 5) is 22.9. The fraction of sp³-hybridized carbons (Fsp3) is 0.0588. The van der Waals surface area contributed by atoms with E-state index in [1.54, 1.807) is 48.5 Å². The number of halogens is 2. The third kappa shape index (κ3) is 5.13. The molecule has 0 aliphatic heterocycles. The van der Waals surface area contributed by atoms with E-state index in [1.807, 2.05) is 0 Å². The molecule has 0 aliphatic rings. The summed E-state index contributed by atoms with van der Waals surface area (Å²) in [6, 6.07) is 11.9. The second kappa shape index (κ2) is 7.81. The van der Waals surface area contributed by atoms with Crippen LogP contribution in [-0.2, 0) is 11.3 Å². The largest absolute Gasteiger partial charge is 0.366 e. The fourth-order valence-corrected chi connectivity index (χ4v) is 2.18. The molecule has 0 aliphatic carbocycles. The number of nitrogens with one attached hydrogen (secondary N) is 1. The average Bonchev–Trinajstić information content (AvgIpc) is 2.54. The van der Waals surface area contributed by atoms with Gasteiger partial charge < -0.3 is 11.1 Å². The van der Waals surface area contributed by atoms with Crippen molar-refractivity contribution in [2.75, 3.05) is 0 Å². The summed E-state index contributed by atoms with van der Waals surface area (Å²) in [5, 5.41) is 3.61. The molecule has 6 heteroatoms. The molecule has 0 atom stereocenters. The molecule has 118 valence electrons. The molecule has 4 nitrogen and oxygen atoms in total. The lowest BCUT2D eigenvalue weighted by atomic mass is 10.1. The highest BCUT2D eigenvalue weighted by Crippen LogP contribution is 2.23. The molecule has 0 spiro atoms. The maximum atomic E-state index is 11.8. The van der Waals surface area contributed by atoms with E-state index in [9.17, 15) is 9.59 Å². The summed E-state index contributed by atoms with van der Waals surface area (Å²) in [7, 11) is 0. The van der Waals surface area contributed by atoms with Crippen LogP contribution in [0.15, 0.2) is 48.5 Å². The van der Waals surface area contributed by atoms with Crippen molar-refractivity contribution in [3.8, 4) is 0 Å². The zero-order chi connectivity index (χ0) is 16.8. The van der Waals surface area contributed by atoms with Gasteiger partial charge in [-0.3, -0.25) is 9.59 Å². The molecule has 2 aromatic rings. The van der Waals surface area contributed by atoms with Crippen LogP contribution < -0.4 is 11.1 Å². The van der Waals surface area contributed by atoms with Crippen molar-refractivity contribution in [1.29, 1.82) is 0 Å². The monoisotopic (exact) mass is 348 g/mol. The number of benzene rings is 2. The van der Waals surface area contributed by atoms with Crippen molar-refractivity contribution in [2.24, 2.45) is 5.73 Å². The number of amides is 2.